The molecule has 0 aromatic carbocycles. The van der Waals surface area contributed by atoms with E-state index in [9.17, 15) is 9.59 Å². The minimum absolute atomic E-state index is 0.140. The first-order valence-corrected chi connectivity index (χ1v) is 10.2. The quantitative estimate of drug-likeness (QED) is 0.764. The Morgan fingerprint density at radius 2 is 1.96 bits per heavy atom. The van der Waals surface area contributed by atoms with Crippen LogP contribution in [-0.2, 0) is 4.79 Å². The summed E-state index contributed by atoms with van der Waals surface area (Å²) in [6.45, 7) is 9.58. The molecule has 3 heterocycles. The summed E-state index contributed by atoms with van der Waals surface area (Å²) in [7, 11) is 0. The van der Waals surface area contributed by atoms with Crippen molar-refractivity contribution in [1.82, 2.24) is 14.9 Å². The second-order valence-corrected chi connectivity index (χ2v) is 8.14. The number of aromatic nitrogens is 2. The molecular weight excluding hydrogens is 376 g/mol. The Hall–Kier alpha value is -2.52. The number of piperazine rings is 1. The predicted molar refractivity (Wildman–Crippen MR) is 111 cm³/mol. The van der Waals surface area contributed by atoms with Crippen molar-refractivity contribution in [2.75, 3.05) is 42.9 Å². The van der Waals surface area contributed by atoms with E-state index in [1.165, 1.54) is 11.3 Å². The summed E-state index contributed by atoms with van der Waals surface area (Å²) in [5, 5.41) is 5.04. The van der Waals surface area contributed by atoms with Crippen LogP contribution in [0.2, 0.25) is 0 Å². The normalized spacial score (nSPS) is 15.1. The van der Waals surface area contributed by atoms with Crippen LogP contribution in [0.4, 0.5) is 10.8 Å². The number of aryl methyl sites for hydroxylation is 1. The van der Waals surface area contributed by atoms with Gasteiger partial charge in [0, 0.05) is 43.9 Å². The number of primary amides is 1. The fraction of sp³-hybridized carbons (Fsp3) is 0.474. The maximum absolute atomic E-state index is 12.3. The van der Waals surface area contributed by atoms with Gasteiger partial charge in [0.05, 0.1) is 12.1 Å². The van der Waals surface area contributed by atoms with Gasteiger partial charge in [0.2, 0.25) is 5.91 Å². The van der Waals surface area contributed by atoms with Crippen LogP contribution in [0.5, 0.6) is 0 Å². The molecule has 0 radical (unpaired) electrons. The van der Waals surface area contributed by atoms with Crippen LogP contribution in [0, 0.1) is 6.92 Å². The predicted octanol–water partition coefficient (Wildman–Crippen LogP) is 1.83. The number of nitrogens with zero attached hydrogens (tertiary/aromatic N) is 4. The maximum atomic E-state index is 12.3. The smallest absolute Gasteiger partial charge is 0.251 e. The van der Waals surface area contributed by atoms with E-state index in [-0.39, 0.29) is 18.4 Å². The third-order valence-electron chi connectivity index (χ3n) is 4.62. The molecular formula is C19H26N6O2S. The molecule has 8 nitrogen and oxygen atoms in total. The summed E-state index contributed by atoms with van der Waals surface area (Å²) in [6.07, 6.45) is 0. The number of rotatable bonds is 6. The summed E-state index contributed by atoms with van der Waals surface area (Å²) in [4.78, 5) is 37.2. The molecule has 2 aromatic rings. The number of amides is 2. The molecule has 3 rings (SSSR count). The maximum Gasteiger partial charge on any atom is 0.251 e. The van der Waals surface area contributed by atoms with Crippen molar-refractivity contribution in [2.45, 2.75) is 26.7 Å². The largest absolute Gasteiger partial charge is 0.366 e. The molecule has 150 valence electrons. The zero-order chi connectivity index (χ0) is 20.3. The van der Waals surface area contributed by atoms with Gasteiger partial charge in [0.15, 0.2) is 0 Å². The molecule has 0 spiro atoms. The number of hydrogen-bond acceptors (Lipinski definition) is 7. The molecule has 28 heavy (non-hydrogen) atoms. The van der Waals surface area contributed by atoms with Gasteiger partial charge in [0.25, 0.3) is 5.91 Å². The lowest BCUT2D eigenvalue weighted by molar-refractivity contribution is -0.117. The van der Waals surface area contributed by atoms with Crippen molar-refractivity contribution >= 4 is 34.0 Å². The Kier molecular flexibility index (Phi) is 6.25. The fourth-order valence-corrected chi connectivity index (χ4v) is 3.91. The first-order chi connectivity index (χ1) is 13.3. The Labute approximate surface area is 168 Å². The zero-order valence-electron chi connectivity index (χ0n) is 16.4. The number of nitrogens with one attached hydrogen (secondary N) is 1. The average molecular weight is 403 g/mol. The summed E-state index contributed by atoms with van der Waals surface area (Å²) < 4.78 is 0. The van der Waals surface area contributed by atoms with Gasteiger partial charge in [-0.05, 0) is 18.4 Å². The van der Waals surface area contributed by atoms with Crippen molar-refractivity contribution < 1.29 is 9.59 Å². The number of anilines is 2. The molecule has 0 saturated carbocycles. The Bertz CT molecular complexity index is 858. The summed E-state index contributed by atoms with van der Waals surface area (Å²) in [5.74, 6) is 1.42. The highest BCUT2D eigenvalue weighted by Gasteiger charge is 2.22. The average Bonchev–Trinajstić information content (AvgIpc) is 3.10. The van der Waals surface area contributed by atoms with E-state index < -0.39 is 5.91 Å². The third kappa shape index (κ3) is 4.85. The molecule has 2 aromatic heterocycles. The lowest BCUT2D eigenvalue weighted by Gasteiger charge is -2.35. The summed E-state index contributed by atoms with van der Waals surface area (Å²) in [6, 6.07) is 3.63. The summed E-state index contributed by atoms with van der Waals surface area (Å²) >= 11 is 1.30. The van der Waals surface area contributed by atoms with Gasteiger partial charge in [-0.25, -0.2) is 9.97 Å². The molecule has 1 aliphatic heterocycles. The lowest BCUT2D eigenvalue weighted by Crippen LogP contribution is -2.49. The Morgan fingerprint density at radius 1 is 1.25 bits per heavy atom. The molecule has 9 heteroatoms. The van der Waals surface area contributed by atoms with Crippen LogP contribution < -0.4 is 16.0 Å². The molecule has 3 N–H and O–H groups in total. The van der Waals surface area contributed by atoms with Gasteiger partial charge in [-0.2, -0.15) is 0 Å². The fourth-order valence-electron chi connectivity index (χ4n) is 3.10. The first kappa shape index (κ1) is 20.2. The van der Waals surface area contributed by atoms with Crippen molar-refractivity contribution in [1.29, 1.82) is 0 Å². The molecule has 0 unspecified atom stereocenters. The highest BCUT2D eigenvalue weighted by Crippen LogP contribution is 2.23. The van der Waals surface area contributed by atoms with Crippen LogP contribution >= 0.6 is 11.3 Å². The van der Waals surface area contributed by atoms with Crippen LogP contribution in [-0.4, -0.2) is 59.4 Å². The van der Waals surface area contributed by atoms with Crippen LogP contribution in [0.15, 0.2) is 17.5 Å². The van der Waals surface area contributed by atoms with Gasteiger partial charge < -0.3 is 16.0 Å². The number of thiophene rings is 1. The van der Waals surface area contributed by atoms with Gasteiger partial charge in [0.1, 0.15) is 16.6 Å². The van der Waals surface area contributed by atoms with Crippen LogP contribution in [0.25, 0.3) is 0 Å². The molecule has 2 amide bonds. The molecule has 1 aliphatic rings. The minimum Gasteiger partial charge on any atom is -0.366 e. The van der Waals surface area contributed by atoms with E-state index in [1.54, 1.807) is 11.4 Å². The van der Waals surface area contributed by atoms with Gasteiger partial charge in [-0.3, -0.25) is 14.5 Å². The topological polar surface area (TPSA) is 104 Å². The number of hydrogen-bond donors (Lipinski definition) is 2. The van der Waals surface area contributed by atoms with Gasteiger partial charge in [-0.1, -0.05) is 13.8 Å². The molecule has 0 atom stereocenters. The lowest BCUT2D eigenvalue weighted by atomic mass is 10.2. The first-order valence-electron chi connectivity index (χ1n) is 9.33. The second-order valence-electron chi connectivity index (χ2n) is 7.22. The molecule has 0 bridgehead atoms. The highest BCUT2D eigenvalue weighted by atomic mass is 32.1. The van der Waals surface area contributed by atoms with E-state index in [2.05, 4.69) is 33.9 Å². The molecule has 1 saturated heterocycles. The minimum atomic E-state index is -0.536. The van der Waals surface area contributed by atoms with Crippen molar-refractivity contribution in [2.24, 2.45) is 5.73 Å². The number of carbonyl (C=O) groups excluding carboxylic acids is 2. The van der Waals surface area contributed by atoms with E-state index >= 15 is 0 Å². The molecule has 0 aliphatic carbocycles. The monoisotopic (exact) mass is 402 g/mol. The van der Waals surface area contributed by atoms with E-state index in [4.69, 9.17) is 10.7 Å². The number of nitrogens with two attached hydrogens (primary N) is 1. The standard InChI is InChI=1S/C19H26N6O2S/c1-12(2)18-21-13(3)10-15(22-18)25-7-5-24(6-8-25)11-16(26)23-19-14(17(20)27)4-9-28-19/h4,9-10,12H,5-8,11H2,1-3H3,(H2,20,27)(H,23,26). The zero-order valence-corrected chi connectivity index (χ0v) is 17.3. The third-order valence-corrected chi connectivity index (χ3v) is 5.45. The highest BCUT2D eigenvalue weighted by molar-refractivity contribution is 7.14. The van der Waals surface area contributed by atoms with Crippen LogP contribution in [0.3, 0.4) is 0 Å². The molecule has 1 fully saturated rings. The van der Waals surface area contributed by atoms with E-state index in [0.29, 0.717) is 10.6 Å². The van der Waals surface area contributed by atoms with E-state index in [0.717, 1.165) is 43.5 Å². The second kappa shape index (κ2) is 8.66. The van der Waals surface area contributed by atoms with E-state index in [1.807, 2.05) is 13.0 Å². The van der Waals surface area contributed by atoms with Gasteiger partial charge in [-0.15, -0.1) is 11.3 Å². The van der Waals surface area contributed by atoms with Crippen molar-refractivity contribution in [3.8, 4) is 0 Å². The summed E-state index contributed by atoms with van der Waals surface area (Å²) in [5.41, 5.74) is 6.64. The van der Waals surface area contributed by atoms with Gasteiger partial charge >= 0.3 is 0 Å². The Balaban J connectivity index is 1.55. The van der Waals surface area contributed by atoms with Crippen molar-refractivity contribution in [3.05, 3.63) is 34.6 Å². The Morgan fingerprint density at radius 3 is 2.61 bits per heavy atom. The van der Waals surface area contributed by atoms with Crippen LogP contribution in [0.1, 0.15) is 41.6 Å². The van der Waals surface area contributed by atoms with Crippen molar-refractivity contribution in [3.63, 3.8) is 0 Å². The number of carbonyl (C=O) groups is 2. The SMILES string of the molecule is Cc1cc(N2CCN(CC(=O)Nc3sccc3C(N)=O)CC2)nc(C(C)C)n1.